The number of methoxy groups -OCH3 is 1. The number of benzene rings is 2. The van der Waals surface area contributed by atoms with Gasteiger partial charge in [-0.25, -0.2) is 0 Å². The van der Waals surface area contributed by atoms with Crippen molar-refractivity contribution >= 4 is 27.8 Å². The molecule has 0 bridgehead atoms. The van der Waals surface area contributed by atoms with Crippen LogP contribution in [0, 0.1) is 0 Å². The van der Waals surface area contributed by atoms with Crippen LogP contribution < -0.4 is 4.74 Å². The van der Waals surface area contributed by atoms with Gasteiger partial charge in [-0.15, -0.1) is 0 Å². The van der Waals surface area contributed by atoms with Crippen molar-refractivity contribution in [2.45, 2.75) is 50.5 Å². The summed E-state index contributed by atoms with van der Waals surface area (Å²) in [6.45, 7) is 4.11. The van der Waals surface area contributed by atoms with Crippen molar-refractivity contribution in [3.05, 3.63) is 66.1 Å². The summed E-state index contributed by atoms with van der Waals surface area (Å²) >= 11 is 0. The topological polar surface area (TPSA) is 61.7 Å². The average Bonchev–Trinajstić information content (AvgIpc) is 3.56. The number of hydrogen-bond acceptors (Lipinski definition) is 4. The number of para-hydroxylation sites is 1. The van der Waals surface area contributed by atoms with Gasteiger partial charge in [0, 0.05) is 41.0 Å². The number of aromatic nitrogens is 1. The molecule has 0 spiro atoms. The van der Waals surface area contributed by atoms with E-state index in [0.29, 0.717) is 17.7 Å². The Bertz CT molecular complexity index is 1350. The molecule has 1 N–H and O–H groups in total. The number of aromatic amines is 1. The Labute approximate surface area is 212 Å². The van der Waals surface area contributed by atoms with Crippen LogP contribution in [0.3, 0.4) is 0 Å². The van der Waals surface area contributed by atoms with E-state index in [1.165, 1.54) is 17.4 Å². The summed E-state index contributed by atoms with van der Waals surface area (Å²) in [4.78, 5) is 21.6. The number of nitrogens with one attached hydrogen (secondary N) is 1. The van der Waals surface area contributed by atoms with E-state index in [4.69, 9.17) is 9.15 Å². The molecule has 6 rings (SSSR count). The second-order valence-corrected chi connectivity index (χ2v) is 10.4. The van der Waals surface area contributed by atoms with E-state index in [-0.39, 0.29) is 5.91 Å². The molecule has 2 aromatic carbocycles. The highest BCUT2D eigenvalue weighted by Crippen LogP contribution is 2.34. The van der Waals surface area contributed by atoms with E-state index in [0.717, 1.165) is 80.5 Å². The Morgan fingerprint density at radius 1 is 1.06 bits per heavy atom. The highest BCUT2D eigenvalue weighted by atomic mass is 16.5. The highest BCUT2D eigenvalue weighted by Gasteiger charge is 2.30. The number of ether oxygens (including phenoxy) is 1. The summed E-state index contributed by atoms with van der Waals surface area (Å²) in [5.74, 6) is 1.50. The molecule has 6 heteroatoms. The van der Waals surface area contributed by atoms with Gasteiger partial charge >= 0.3 is 0 Å². The molecule has 1 amide bonds. The molecule has 36 heavy (non-hydrogen) atoms. The Morgan fingerprint density at radius 2 is 1.92 bits per heavy atom. The molecule has 6 nitrogen and oxygen atoms in total. The van der Waals surface area contributed by atoms with Crippen LogP contribution in [-0.4, -0.2) is 60.0 Å². The zero-order valence-electron chi connectivity index (χ0n) is 21.0. The van der Waals surface area contributed by atoms with Gasteiger partial charge in [-0.3, -0.25) is 4.79 Å². The van der Waals surface area contributed by atoms with Crippen molar-refractivity contribution in [1.29, 1.82) is 0 Å². The molecule has 0 aliphatic carbocycles. The quantitative estimate of drug-likeness (QED) is 0.354. The van der Waals surface area contributed by atoms with Gasteiger partial charge in [0.15, 0.2) is 0 Å². The number of hydrogen-bond donors (Lipinski definition) is 1. The van der Waals surface area contributed by atoms with Crippen LogP contribution in [0.15, 0.2) is 59.2 Å². The maximum Gasteiger partial charge on any atom is 0.270 e. The van der Waals surface area contributed by atoms with Crippen LogP contribution in [0.5, 0.6) is 5.75 Å². The van der Waals surface area contributed by atoms with Crippen molar-refractivity contribution in [3.63, 3.8) is 0 Å². The van der Waals surface area contributed by atoms with Gasteiger partial charge < -0.3 is 23.9 Å². The van der Waals surface area contributed by atoms with E-state index in [9.17, 15) is 4.79 Å². The number of rotatable bonds is 6. The Kier molecular flexibility index (Phi) is 6.45. The van der Waals surface area contributed by atoms with Crippen molar-refractivity contribution in [3.8, 4) is 5.75 Å². The first-order valence-electron chi connectivity index (χ1n) is 13.4. The summed E-state index contributed by atoms with van der Waals surface area (Å²) < 4.78 is 11.1. The molecular formula is C30H35N3O3. The van der Waals surface area contributed by atoms with Crippen molar-refractivity contribution in [2.24, 2.45) is 0 Å². The van der Waals surface area contributed by atoms with Crippen LogP contribution in [0.2, 0.25) is 0 Å². The SMILES string of the molecule is COc1ccc2[nH]c(C(=O)N3CCCCC3CCN3CCC(c4coc5ccccc45)CC3)cc2c1. The number of H-pyrrole nitrogens is 1. The van der Waals surface area contributed by atoms with Gasteiger partial charge in [-0.2, -0.15) is 0 Å². The lowest BCUT2D eigenvalue weighted by Gasteiger charge is -2.38. The van der Waals surface area contributed by atoms with Gasteiger partial charge in [-0.1, -0.05) is 18.2 Å². The second kappa shape index (κ2) is 10.0. The van der Waals surface area contributed by atoms with Gasteiger partial charge in [-0.05, 0) is 87.9 Å². The number of fused-ring (bicyclic) bond motifs is 2. The van der Waals surface area contributed by atoms with Crippen molar-refractivity contribution in [2.75, 3.05) is 33.3 Å². The van der Waals surface area contributed by atoms with E-state index in [2.05, 4.69) is 33.0 Å². The number of furan rings is 1. The fraction of sp³-hybridized carbons (Fsp3) is 0.433. The predicted molar refractivity (Wildman–Crippen MR) is 143 cm³/mol. The Hall–Kier alpha value is -3.25. The highest BCUT2D eigenvalue weighted by molar-refractivity contribution is 5.98. The molecule has 4 aromatic rings. The van der Waals surface area contributed by atoms with Crippen LogP contribution >= 0.6 is 0 Å². The first kappa shape index (κ1) is 23.2. The maximum absolute atomic E-state index is 13.5. The molecule has 1 atom stereocenters. The molecule has 2 aliphatic heterocycles. The Balaban J connectivity index is 1.07. The van der Waals surface area contributed by atoms with Crippen LogP contribution in [-0.2, 0) is 0 Å². The van der Waals surface area contributed by atoms with Crippen molar-refractivity contribution < 1.29 is 13.9 Å². The molecule has 1 unspecified atom stereocenters. The zero-order chi connectivity index (χ0) is 24.5. The van der Waals surface area contributed by atoms with Crippen LogP contribution in [0.25, 0.3) is 21.9 Å². The lowest BCUT2D eigenvalue weighted by molar-refractivity contribution is 0.0573. The fourth-order valence-corrected chi connectivity index (χ4v) is 6.19. The minimum absolute atomic E-state index is 0.125. The van der Waals surface area contributed by atoms with Gasteiger partial charge in [0.05, 0.1) is 13.4 Å². The van der Waals surface area contributed by atoms with E-state index in [1.807, 2.05) is 36.6 Å². The molecule has 2 aromatic heterocycles. The lowest BCUT2D eigenvalue weighted by atomic mass is 9.89. The smallest absolute Gasteiger partial charge is 0.270 e. The molecular weight excluding hydrogens is 450 g/mol. The predicted octanol–water partition coefficient (Wildman–Crippen LogP) is 6.19. The molecule has 188 valence electrons. The second-order valence-electron chi connectivity index (χ2n) is 10.4. The largest absolute Gasteiger partial charge is 0.497 e. The monoisotopic (exact) mass is 485 g/mol. The number of carbonyl (C=O) groups excluding carboxylic acids is 1. The number of piperidine rings is 2. The molecule has 2 saturated heterocycles. The fourth-order valence-electron chi connectivity index (χ4n) is 6.19. The molecule has 4 heterocycles. The van der Waals surface area contributed by atoms with E-state index >= 15 is 0 Å². The molecule has 0 saturated carbocycles. The van der Waals surface area contributed by atoms with Crippen LogP contribution in [0.4, 0.5) is 0 Å². The van der Waals surface area contributed by atoms with Crippen LogP contribution in [0.1, 0.15) is 60.5 Å². The third kappa shape index (κ3) is 4.50. The minimum Gasteiger partial charge on any atom is -0.497 e. The zero-order valence-corrected chi connectivity index (χ0v) is 21.0. The number of nitrogens with zero attached hydrogens (tertiary/aromatic N) is 2. The first-order chi connectivity index (χ1) is 17.7. The first-order valence-corrected chi connectivity index (χ1v) is 13.4. The standard InChI is InChI=1S/C30H35N3O3/c1-35-24-9-10-27-22(18-24)19-28(31-27)30(34)33-14-5-4-6-23(33)13-17-32-15-11-21(12-16-32)26-20-36-29-8-3-2-7-25(26)29/h2-3,7-10,18-21,23,31H,4-6,11-17H2,1H3. The third-order valence-corrected chi connectivity index (χ3v) is 8.26. The summed E-state index contributed by atoms with van der Waals surface area (Å²) in [5.41, 5.74) is 4.01. The number of likely N-dealkylation sites (tertiary alicyclic amines) is 2. The van der Waals surface area contributed by atoms with E-state index in [1.54, 1.807) is 7.11 Å². The third-order valence-electron chi connectivity index (χ3n) is 8.26. The van der Waals surface area contributed by atoms with E-state index < -0.39 is 0 Å². The lowest BCUT2D eigenvalue weighted by Crippen LogP contribution is -2.46. The van der Waals surface area contributed by atoms with Crippen molar-refractivity contribution in [1.82, 2.24) is 14.8 Å². The average molecular weight is 486 g/mol. The Morgan fingerprint density at radius 3 is 2.78 bits per heavy atom. The molecule has 0 radical (unpaired) electrons. The summed E-state index contributed by atoms with van der Waals surface area (Å²) in [5, 5.41) is 2.28. The summed E-state index contributed by atoms with van der Waals surface area (Å²) in [6, 6.07) is 16.5. The van der Waals surface area contributed by atoms with Gasteiger partial charge in [0.1, 0.15) is 17.0 Å². The number of carbonyl (C=O) groups is 1. The van der Waals surface area contributed by atoms with Gasteiger partial charge in [0.2, 0.25) is 0 Å². The maximum atomic E-state index is 13.5. The summed E-state index contributed by atoms with van der Waals surface area (Å²) in [7, 11) is 1.67. The molecule has 2 aliphatic rings. The number of amides is 1. The normalized spacial score (nSPS) is 19.8. The van der Waals surface area contributed by atoms with Gasteiger partial charge in [0.25, 0.3) is 5.91 Å². The molecule has 2 fully saturated rings. The summed E-state index contributed by atoms with van der Waals surface area (Å²) in [6.07, 6.45) is 8.71. The minimum atomic E-state index is 0.125.